The molecule has 1 aliphatic heterocycles. The van der Waals surface area contributed by atoms with Gasteiger partial charge in [-0.2, -0.15) is 13.2 Å². The molecule has 0 aromatic heterocycles. The zero-order chi connectivity index (χ0) is 16.1. The number of fused-ring (bicyclic) bond motifs is 1. The Kier molecular flexibility index (Phi) is 3.21. The predicted molar refractivity (Wildman–Crippen MR) is 74.0 cm³/mol. The Morgan fingerprint density at radius 2 is 1.45 bits per heavy atom. The van der Waals surface area contributed by atoms with Crippen molar-refractivity contribution in [3.8, 4) is 0 Å². The van der Waals surface area contributed by atoms with Gasteiger partial charge in [-0.3, -0.25) is 9.59 Å². The Morgan fingerprint density at radius 3 is 2.05 bits per heavy atom. The van der Waals surface area contributed by atoms with Crippen LogP contribution in [0, 0.1) is 0 Å². The standard InChI is InChI=1S/C15H7ClF3NO2/c16-9-3-6-11-12(7-9)14(22)20(13(11)21)10-4-1-8(2-5-10)15(17,18)19/h1-7H. The quantitative estimate of drug-likeness (QED) is 0.738. The van der Waals surface area contributed by atoms with Crippen LogP contribution in [0.4, 0.5) is 18.9 Å². The van der Waals surface area contributed by atoms with Crippen LogP contribution in [0.2, 0.25) is 5.02 Å². The van der Waals surface area contributed by atoms with Crippen LogP contribution >= 0.6 is 11.6 Å². The molecule has 0 fully saturated rings. The second-order valence-corrected chi connectivity index (χ2v) is 5.12. The molecule has 112 valence electrons. The van der Waals surface area contributed by atoms with Gasteiger partial charge in [0.05, 0.1) is 22.4 Å². The third kappa shape index (κ3) is 2.25. The van der Waals surface area contributed by atoms with Gasteiger partial charge in [0.1, 0.15) is 0 Å². The van der Waals surface area contributed by atoms with Crippen molar-refractivity contribution in [2.45, 2.75) is 6.18 Å². The van der Waals surface area contributed by atoms with E-state index in [2.05, 4.69) is 0 Å². The minimum absolute atomic E-state index is 0.0790. The first kappa shape index (κ1) is 14.6. The molecular weight excluding hydrogens is 319 g/mol. The summed E-state index contributed by atoms with van der Waals surface area (Å²) in [5.41, 5.74) is -0.460. The van der Waals surface area contributed by atoms with Gasteiger partial charge in [-0.05, 0) is 42.5 Å². The van der Waals surface area contributed by atoms with Crippen molar-refractivity contribution in [2.24, 2.45) is 0 Å². The Balaban J connectivity index is 2.00. The van der Waals surface area contributed by atoms with Gasteiger partial charge in [-0.1, -0.05) is 11.6 Å². The summed E-state index contributed by atoms with van der Waals surface area (Å²) in [4.78, 5) is 25.3. The number of nitrogens with zero attached hydrogens (tertiary/aromatic N) is 1. The highest BCUT2D eigenvalue weighted by atomic mass is 35.5. The summed E-state index contributed by atoms with van der Waals surface area (Å²) in [7, 11) is 0. The van der Waals surface area contributed by atoms with Gasteiger partial charge in [-0.25, -0.2) is 4.90 Å². The van der Waals surface area contributed by atoms with Crippen LogP contribution in [-0.4, -0.2) is 11.8 Å². The van der Waals surface area contributed by atoms with Gasteiger partial charge in [0.2, 0.25) is 0 Å². The van der Waals surface area contributed by atoms with Gasteiger partial charge in [0, 0.05) is 5.02 Å². The Morgan fingerprint density at radius 1 is 0.864 bits per heavy atom. The number of rotatable bonds is 1. The molecule has 0 unspecified atom stereocenters. The van der Waals surface area contributed by atoms with Crippen molar-refractivity contribution < 1.29 is 22.8 Å². The molecule has 22 heavy (non-hydrogen) atoms. The smallest absolute Gasteiger partial charge is 0.268 e. The molecule has 0 atom stereocenters. The van der Waals surface area contributed by atoms with Gasteiger partial charge in [0.15, 0.2) is 0 Å². The number of hydrogen-bond acceptors (Lipinski definition) is 2. The first-order valence-corrected chi connectivity index (χ1v) is 6.52. The molecule has 1 aliphatic rings. The molecular formula is C15H7ClF3NO2. The monoisotopic (exact) mass is 325 g/mol. The van der Waals surface area contributed by atoms with Crippen LogP contribution in [0.5, 0.6) is 0 Å². The number of benzene rings is 2. The number of carbonyl (C=O) groups excluding carboxylic acids is 2. The van der Waals surface area contributed by atoms with E-state index in [9.17, 15) is 22.8 Å². The van der Waals surface area contributed by atoms with Crippen LogP contribution in [0.25, 0.3) is 0 Å². The normalized spacial score (nSPS) is 14.5. The van der Waals surface area contributed by atoms with Crippen LogP contribution in [0.3, 0.4) is 0 Å². The number of amides is 2. The van der Waals surface area contributed by atoms with E-state index >= 15 is 0 Å². The van der Waals surface area contributed by atoms with Gasteiger partial charge >= 0.3 is 6.18 Å². The Labute approximate surface area is 127 Å². The molecule has 3 rings (SSSR count). The lowest BCUT2D eigenvalue weighted by Gasteiger charge is -2.15. The summed E-state index contributed by atoms with van der Waals surface area (Å²) in [5, 5.41) is 0.300. The number of hydrogen-bond donors (Lipinski definition) is 0. The number of halogens is 4. The fraction of sp³-hybridized carbons (Fsp3) is 0.0667. The molecule has 2 aromatic rings. The highest BCUT2D eigenvalue weighted by molar-refractivity contribution is 6.36. The first-order valence-electron chi connectivity index (χ1n) is 6.14. The van der Waals surface area contributed by atoms with E-state index < -0.39 is 23.6 Å². The minimum Gasteiger partial charge on any atom is -0.268 e. The van der Waals surface area contributed by atoms with Gasteiger partial charge in [-0.15, -0.1) is 0 Å². The molecule has 3 nitrogen and oxygen atoms in total. The summed E-state index contributed by atoms with van der Waals surface area (Å²) in [6.07, 6.45) is -4.48. The maximum Gasteiger partial charge on any atom is 0.416 e. The summed E-state index contributed by atoms with van der Waals surface area (Å²) in [5.74, 6) is -1.20. The summed E-state index contributed by atoms with van der Waals surface area (Å²) >= 11 is 5.79. The molecule has 0 aliphatic carbocycles. The average molecular weight is 326 g/mol. The van der Waals surface area contributed by atoms with E-state index in [1.54, 1.807) is 0 Å². The predicted octanol–water partition coefficient (Wildman–Crippen LogP) is 4.16. The van der Waals surface area contributed by atoms with Crippen LogP contribution in [0.1, 0.15) is 26.3 Å². The largest absolute Gasteiger partial charge is 0.416 e. The van der Waals surface area contributed by atoms with Crippen LogP contribution in [0.15, 0.2) is 42.5 Å². The average Bonchev–Trinajstić information content (AvgIpc) is 2.70. The summed E-state index contributed by atoms with van der Waals surface area (Å²) < 4.78 is 37.6. The molecule has 0 radical (unpaired) electrons. The first-order chi connectivity index (χ1) is 10.3. The molecule has 0 N–H and O–H groups in total. The zero-order valence-electron chi connectivity index (χ0n) is 10.8. The second kappa shape index (κ2) is 4.84. The maximum atomic E-state index is 12.5. The summed E-state index contributed by atoms with van der Waals surface area (Å²) in [6.45, 7) is 0. The van der Waals surface area contributed by atoms with E-state index in [1.165, 1.54) is 18.2 Å². The topological polar surface area (TPSA) is 37.4 Å². The fourth-order valence-electron chi connectivity index (χ4n) is 2.25. The SMILES string of the molecule is O=C1c2ccc(Cl)cc2C(=O)N1c1ccc(C(F)(F)F)cc1. The van der Waals surface area contributed by atoms with Crippen LogP contribution < -0.4 is 4.90 Å². The van der Waals surface area contributed by atoms with E-state index in [0.717, 1.165) is 29.2 Å². The lowest BCUT2D eigenvalue weighted by molar-refractivity contribution is -0.137. The van der Waals surface area contributed by atoms with Crippen molar-refractivity contribution in [3.63, 3.8) is 0 Å². The zero-order valence-corrected chi connectivity index (χ0v) is 11.6. The number of carbonyl (C=O) groups is 2. The fourth-order valence-corrected chi connectivity index (χ4v) is 2.42. The third-order valence-electron chi connectivity index (χ3n) is 3.30. The highest BCUT2D eigenvalue weighted by Crippen LogP contribution is 2.33. The van der Waals surface area contributed by atoms with Crippen molar-refractivity contribution in [2.75, 3.05) is 4.90 Å². The molecule has 1 heterocycles. The van der Waals surface area contributed by atoms with E-state index in [0.29, 0.717) is 5.02 Å². The third-order valence-corrected chi connectivity index (χ3v) is 3.54. The Hall–Kier alpha value is -2.34. The summed E-state index contributed by atoms with van der Waals surface area (Å²) in [6, 6.07) is 8.08. The number of alkyl halides is 3. The van der Waals surface area contributed by atoms with Crippen LogP contribution in [-0.2, 0) is 6.18 Å². The van der Waals surface area contributed by atoms with E-state index in [1.807, 2.05) is 0 Å². The molecule has 2 aromatic carbocycles. The molecule has 0 saturated heterocycles. The second-order valence-electron chi connectivity index (χ2n) is 4.68. The molecule has 0 spiro atoms. The van der Waals surface area contributed by atoms with Crippen molar-refractivity contribution in [1.29, 1.82) is 0 Å². The van der Waals surface area contributed by atoms with E-state index in [-0.39, 0.29) is 16.8 Å². The molecule has 0 bridgehead atoms. The molecule has 7 heteroatoms. The van der Waals surface area contributed by atoms with Gasteiger partial charge < -0.3 is 0 Å². The van der Waals surface area contributed by atoms with Crippen molar-refractivity contribution in [1.82, 2.24) is 0 Å². The van der Waals surface area contributed by atoms with E-state index in [4.69, 9.17) is 11.6 Å². The van der Waals surface area contributed by atoms with Gasteiger partial charge in [0.25, 0.3) is 11.8 Å². The lowest BCUT2D eigenvalue weighted by Crippen LogP contribution is -2.29. The molecule has 2 amide bonds. The van der Waals surface area contributed by atoms with Crippen molar-refractivity contribution in [3.05, 3.63) is 64.2 Å². The lowest BCUT2D eigenvalue weighted by atomic mass is 10.1. The maximum absolute atomic E-state index is 12.5. The van der Waals surface area contributed by atoms with Crippen molar-refractivity contribution >= 4 is 29.1 Å². The minimum atomic E-state index is -4.48. The molecule has 0 saturated carbocycles. The Bertz CT molecular complexity index is 784. The highest BCUT2D eigenvalue weighted by Gasteiger charge is 2.37. The number of anilines is 1. The number of imide groups is 1.